The summed E-state index contributed by atoms with van der Waals surface area (Å²) in [4.78, 5) is 47.3. The first-order chi connectivity index (χ1) is 7.93. The number of carboxylic acids is 2. The van der Waals surface area contributed by atoms with Gasteiger partial charge in [0.05, 0.1) is 0 Å². The number of Topliss-reactive ketones (excluding diaryl/α,β-unsaturated/α-hetero) is 3. The van der Waals surface area contributed by atoms with E-state index in [1.807, 2.05) is 0 Å². The summed E-state index contributed by atoms with van der Waals surface area (Å²) in [5.74, 6) is -5.31. The normalized spacial score (nSPS) is 9.61. The van der Waals surface area contributed by atoms with Gasteiger partial charge in [0.2, 0.25) is 0 Å². The quantitative estimate of drug-likeness (QED) is 0.517. The molecule has 0 saturated carbocycles. The lowest BCUT2D eigenvalue weighted by Gasteiger charge is -1.90. The number of aliphatic hydroxyl groups excluding tert-OH is 1. The molecular weight excluding hydrogens is 248 g/mol. The summed E-state index contributed by atoms with van der Waals surface area (Å²) in [5, 5.41) is 26.8. The molecule has 0 spiro atoms. The van der Waals surface area contributed by atoms with E-state index in [1.54, 1.807) is 0 Å². The molecule has 0 amide bonds. The number of carbonyl (C=O) groups excluding carboxylic acids is 5. The monoisotopic (exact) mass is 262 g/mol. The summed E-state index contributed by atoms with van der Waals surface area (Å²) >= 11 is 0. The molecule has 0 radical (unpaired) electrons. The van der Waals surface area contributed by atoms with Crippen molar-refractivity contribution in [2.45, 2.75) is 33.8 Å². The first kappa shape index (κ1) is 21.2. The summed E-state index contributed by atoms with van der Waals surface area (Å²) in [6.45, 7) is 4.68. The minimum atomic E-state index is -1.63. The molecule has 0 aliphatic carbocycles. The Morgan fingerprint density at radius 2 is 0.944 bits per heavy atom. The molecule has 1 atom stereocenters. The summed E-state index contributed by atoms with van der Waals surface area (Å²) in [5.41, 5.74) is 0. The molecule has 8 heteroatoms. The van der Waals surface area contributed by atoms with Gasteiger partial charge in [0, 0.05) is 13.8 Å². The van der Waals surface area contributed by atoms with Crippen LogP contribution in [0.25, 0.3) is 0 Å². The van der Waals surface area contributed by atoms with Gasteiger partial charge >= 0.3 is 0 Å². The Kier molecular flexibility index (Phi) is 13.4. The maximum absolute atomic E-state index is 9.89. The highest BCUT2D eigenvalue weighted by Crippen LogP contribution is 1.76. The number of aliphatic carboxylic acids is 2. The summed E-state index contributed by atoms with van der Waals surface area (Å²) in [7, 11) is 0. The predicted molar refractivity (Wildman–Crippen MR) is 53.7 cm³/mol. The highest BCUT2D eigenvalue weighted by Gasteiger charge is 1.97. The van der Waals surface area contributed by atoms with Crippen LogP contribution in [-0.2, 0) is 24.0 Å². The van der Waals surface area contributed by atoms with Gasteiger partial charge in [-0.05, 0) is 13.8 Å². The zero-order chi connectivity index (χ0) is 15.5. The third-order valence-corrected chi connectivity index (χ3v) is 1.16. The highest BCUT2D eigenvalue weighted by atomic mass is 16.4. The van der Waals surface area contributed by atoms with E-state index < -0.39 is 29.6 Å². The van der Waals surface area contributed by atoms with Crippen molar-refractivity contribution in [3.05, 3.63) is 0 Å². The highest BCUT2D eigenvalue weighted by molar-refractivity contribution is 6.30. The second kappa shape index (κ2) is 11.4. The van der Waals surface area contributed by atoms with Gasteiger partial charge in [-0.3, -0.25) is 14.4 Å². The minimum Gasteiger partial charge on any atom is -0.542 e. The maximum atomic E-state index is 9.89. The van der Waals surface area contributed by atoms with Crippen LogP contribution >= 0.6 is 0 Å². The zero-order valence-corrected chi connectivity index (χ0v) is 10.4. The molecular formula is C10H14O8-2. The van der Waals surface area contributed by atoms with Gasteiger partial charge in [-0.1, -0.05) is 0 Å². The fourth-order valence-electron chi connectivity index (χ4n) is 0. The van der Waals surface area contributed by atoms with Crippen LogP contribution in [0.4, 0.5) is 0 Å². The number of hydrogen-bond donors (Lipinski definition) is 1. The van der Waals surface area contributed by atoms with Gasteiger partial charge in [-0.25, -0.2) is 0 Å². The molecule has 0 aliphatic heterocycles. The molecule has 0 saturated heterocycles. The zero-order valence-electron chi connectivity index (χ0n) is 10.4. The fraction of sp³-hybridized carbons (Fsp3) is 0.500. The van der Waals surface area contributed by atoms with Crippen molar-refractivity contribution in [2.24, 2.45) is 0 Å². The number of rotatable bonds is 3. The SMILES string of the molecule is CC(=O)C(=O)[O-].CC(=O)C(=O)[O-].CC(=O)C(C)O. The topological polar surface area (TPSA) is 152 Å². The Morgan fingerprint density at radius 1 is 0.833 bits per heavy atom. The van der Waals surface area contributed by atoms with E-state index in [-0.39, 0.29) is 5.78 Å². The van der Waals surface area contributed by atoms with Gasteiger partial charge < -0.3 is 24.9 Å². The van der Waals surface area contributed by atoms with Crippen LogP contribution in [0, 0.1) is 0 Å². The van der Waals surface area contributed by atoms with Crippen LogP contribution in [0.5, 0.6) is 0 Å². The molecule has 8 nitrogen and oxygen atoms in total. The lowest BCUT2D eigenvalue weighted by molar-refractivity contribution is -0.300. The third kappa shape index (κ3) is 23.6. The maximum Gasteiger partial charge on any atom is 0.175 e. The summed E-state index contributed by atoms with van der Waals surface area (Å²) in [6, 6.07) is 0. The molecule has 0 aliphatic rings. The average molecular weight is 262 g/mol. The number of carboxylic acid groups (broad SMARTS) is 2. The van der Waals surface area contributed by atoms with Gasteiger partial charge in [-0.15, -0.1) is 0 Å². The van der Waals surface area contributed by atoms with Gasteiger partial charge in [0.15, 0.2) is 17.3 Å². The van der Waals surface area contributed by atoms with E-state index >= 15 is 0 Å². The van der Waals surface area contributed by atoms with Crippen molar-refractivity contribution in [1.82, 2.24) is 0 Å². The molecule has 0 aromatic heterocycles. The molecule has 1 N–H and O–H groups in total. The fourth-order valence-corrected chi connectivity index (χ4v) is 0. The second-order valence-electron chi connectivity index (χ2n) is 2.97. The molecule has 0 heterocycles. The Morgan fingerprint density at radius 3 is 0.944 bits per heavy atom. The van der Waals surface area contributed by atoms with E-state index in [2.05, 4.69) is 0 Å². The Bertz CT molecular complexity index is 281. The molecule has 104 valence electrons. The first-order valence-corrected chi connectivity index (χ1v) is 4.55. The summed E-state index contributed by atoms with van der Waals surface area (Å²) in [6.07, 6.45) is -0.787. The minimum absolute atomic E-state index is 0.185. The number of aliphatic hydroxyl groups is 1. The molecule has 0 aromatic rings. The molecule has 18 heavy (non-hydrogen) atoms. The van der Waals surface area contributed by atoms with Crippen LogP contribution in [0.1, 0.15) is 27.7 Å². The van der Waals surface area contributed by atoms with Crippen molar-refractivity contribution in [3.63, 3.8) is 0 Å². The largest absolute Gasteiger partial charge is 0.542 e. The average Bonchev–Trinajstić information content (AvgIpc) is 2.18. The van der Waals surface area contributed by atoms with E-state index in [9.17, 15) is 34.2 Å². The Balaban J connectivity index is -0.000000187. The predicted octanol–water partition coefficient (Wildman–Crippen LogP) is -3.39. The lowest BCUT2D eigenvalue weighted by atomic mass is 10.3. The van der Waals surface area contributed by atoms with E-state index in [1.165, 1.54) is 13.8 Å². The summed E-state index contributed by atoms with van der Waals surface area (Å²) < 4.78 is 0. The third-order valence-electron chi connectivity index (χ3n) is 1.16. The van der Waals surface area contributed by atoms with Crippen molar-refractivity contribution in [2.75, 3.05) is 0 Å². The van der Waals surface area contributed by atoms with Crippen LogP contribution in [0.3, 0.4) is 0 Å². The Labute approximate surface area is 103 Å². The smallest absolute Gasteiger partial charge is 0.175 e. The van der Waals surface area contributed by atoms with Crippen LogP contribution in [0.2, 0.25) is 0 Å². The molecule has 0 rings (SSSR count). The molecule has 0 bridgehead atoms. The van der Waals surface area contributed by atoms with E-state index in [0.29, 0.717) is 0 Å². The standard InChI is InChI=1S/C4H8O2.2C3H4O3/c1-3(5)4(2)6;2*1-2(4)3(5)6/h3,5H,1-2H3;2*1H3,(H,5,6)/p-2. The number of hydrogen-bond acceptors (Lipinski definition) is 8. The van der Waals surface area contributed by atoms with Gasteiger partial charge in [0.25, 0.3) is 0 Å². The second-order valence-corrected chi connectivity index (χ2v) is 2.97. The van der Waals surface area contributed by atoms with Gasteiger partial charge in [0.1, 0.15) is 18.0 Å². The Hall–Kier alpha value is -2.09. The molecule has 1 unspecified atom stereocenters. The van der Waals surface area contributed by atoms with E-state index in [0.717, 1.165) is 13.8 Å². The van der Waals surface area contributed by atoms with Crippen molar-refractivity contribution in [3.8, 4) is 0 Å². The lowest BCUT2D eigenvalue weighted by Crippen LogP contribution is -2.29. The van der Waals surface area contributed by atoms with Crippen molar-refractivity contribution in [1.29, 1.82) is 0 Å². The van der Waals surface area contributed by atoms with Crippen LogP contribution < -0.4 is 10.2 Å². The van der Waals surface area contributed by atoms with Gasteiger partial charge in [-0.2, -0.15) is 0 Å². The van der Waals surface area contributed by atoms with Crippen LogP contribution in [0.15, 0.2) is 0 Å². The van der Waals surface area contributed by atoms with Crippen molar-refractivity contribution >= 4 is 29.3 Å². The first-order valence-electron chi connectivity index (χ1n) is 4.55. The van der Waals surface area contributed by atoms with Crippen molar-refractivity contribution < 1.29 is 39.3 Å². The molecule has 0 fully saturated rings. The number of carbonyl (C=O) groups is 5. The molecule has 0 aromatic carbocycles. The van der Waals surface area contributed by atoms with Crippen LogP contribution in [-0.4, -0.2) is 40.5 Å². The number of ketones is 3. The van der Waals surface area contributed by atoms with E-state index in [4.69, 9.17) is 5.11 Å².